The number of amides is 2. The molecule has 0 spiro atoms. The van der Waals surface area contributed by atoms with Crippen molar-refractivity contribution in [3.8, 4) is 11.5 Å². The summed E-state index contributed by atoms with van der Waals surface area (Å²) in [5, 5.41) is 2.73. The number of fused-ring (bicyclic) bond motifs is 1. The molecule has 1 atom stereocenters. The molecule has 6 heteroatoms. The third-order valence-corrected chi connectivity index (χ3v) is 2.89. The summed E-state index contributed by atoms with van der Waals surface area (Å²) in [4.78, 5) is 22.1. The molecule has 20 heavy (non-hydrogen) atoms. The van der Waals surface area contributed by atoms with E-state index in [0.717, 1.165) is 17.1 Å². The fraction of sp³-hybridized carbons (Fsp3) is 0.429. The Morgan fingerprint density at radius 1 is 1.30 bits per heavy atom. The highest BCUT2D eigenvalue weighted by molar-refractivity contribution is 5.96. The van der Waals surface area contributed by atoms with Crippen LogP contribution in [-0.2, 0) is 16.0 Å². The van der Waals surface area contributed by atoms with Crippen molar-refractivity contribution in [2.24, 2.45) is 5.73 Å². The molecule has 1 aliphatic heterocycles. The van der Waals surface area contributed by atoms with Crippen LogP contribution in [0.4, 0.5) is 0 Å². The van der Waals surface area contributed by atoms with Gasteiger partial charge in [-0.3, -0.25) is 9.59 Å². The second-order valence-electron chi connectivity index (χ2n) is 4.79. The van der Waals surface area contributed by atoms with Crippen LogP contribution in [0.5, 0.6) is 11.5 Å². The van der Waals surface area contributed by atoms with Crippen molar-refractivity contribution in [3.05, 3.63) is 23.8 Å². The fourth-order valence-electron chi connectivity index (χ4n) is 2.10. The highest BCUT2D eigenvalue weighted by Crippen LogP contribution is 2.31. The second kappa shape index (κ2) is 6.27. The van der Waals surface area contributed by atoms with Gasteiger partial charge in [0.15, 0.2) is 11.5 Å². The normalized spacial score (nSPS) is 14.4. The van der Waals surface area contributed by atoms with E-state index in [-0.39, 0.29) is 18.4 Å². The predicted octanol–water partition coefficient (Wildman–Crippen LogP) is 0.380. The number of carbonyl (C=O) groups excluding carboxylic acids is 2. The molecular formula is C14H18N2O4. The molecule has 2 amide bonds. The summed E-state index contributed by atoms with van der Waals surface area (Å²) >= 11 is 0. The third-order valence-electron chi connectivity index (χ3n) is 2.89. The molecule has 1 heterocycles. The molecule has 1 aromatic rings. The number of hydrogen-bond acceptors (Lipinski definition) is 4. The van der Waals surface area contributed by atoms with Crippen molar-refractivity contribution in [1.29, 1.82) is 0 Å². The maximum Gasteiger partial charge on any atom is 0.229 e. The van der Waals surface area contributed by atoms with Gasteiger partial charge in [-0.25, -0.2) is 0 Å². The number of ether oxygens (including phenoxy) is 2. The van der Waals surface area contributed by atoms with Gasteiger partial charge in [-0.1, -0.05) is 6.07 Å². The summed E-state index contributed by atoms with van der Waals surface area (Å²) in [6.45, 7) is 2.98. The summed E-state index contributed by atoms with van der Waals surface area (Å²) < 4.78 is 11.0. The molecule has 1 aliphatic rings. The van der Waals surface area contributed by atoms with Crippen LogP contribution in [0.15, 0.2) is 18.2 Å². The SMILES string of the molecule is C[C@H](Cc1ccc2c(c1)OCCO2)NC(=O)CC(N)=O. The van der Waals surface area contributed by atoms with Gasteiger partial charge >= 0.3 is 0 Å². The van der Waals surface area contributed by atoms with Crippen LogP contribution in [-0.4, -0.2) is 31.1 Å². The van der Waals surface area contributed by atoms with Crippen molar-refractivity contribution in [2.75, 3.05) is 13.2 Å². The minimum atomic E-state index is -0.631. The second-order valence-corrected chi connectivity index (χ2v) is 4.79. The van der Waals surface area contributed by atoms with Gasteiger partial charge in [-0.05, 0) is 31.0 Å². The Balaban J connectivity index is 1.92. The van der Waals surface area contributed by atoms with Gasteiger partial charge in [0, 0.05) is 6.04 Å². The Hall–Kier alpha value is -2.24. The van der Waals surface area contributed by atoms with Gasteiger partial charge in [0.2, 0.25) is 11.8 Å². The van der Waals surface area contributed by atoms with Gasteiger partial charge in [0.05, 0.1) is 0 Å². The van der Waals surface area contributed by atoms with E-state index in [2.05, 4.69) is 5.32 Å². The van der Waals surface area contributed by atoms with E-state index in [9.17, 15) is 9.59 Å². The number of carbonyl (C=O) groups is 2. The first-order chi connectivity index (χ1) is 9.54. The summed E-state index contributed by atoms with van der Waals surface area (Å²) in [7, 11) is 0. The first-order valence-corrected chi connectivity index (χ1v) is 6.51. The van der Waals surface area contributed by atoms with E-state index in [1.54, 1.807) is 0 Å². The monoisotopic (exact) mass is 278 g/mol. The molecule has 0 radical (unpaired) electrons. The number of rotatable bonds is 5. The van der Waals surface area contributed by atoms with Gasteiger partial charge in [-0.2, -0.15) is 0 Å². The van der Waals surface area contributed by atoms with Crippen LogP contribution in [0.1, 0.15) is 18.9 Å². The molecule has 0 aromatic heterocycles. The predicted molar refractivity (Wildman–Crippen MR) is 72.6 cm³/mol. The summed E-state index contributed by atoms with van der Waals surface area (Å²) in [6.07, 6.45) is 0.354. The minimum Gasteiger partial charge on any atom is -0.486 e. The van der Waals surface area contributed by atoms with Gasteiger partial charge in [-0.15, -0.1) is 0 Å². The van der Waals surface area contributed by atoms with Crippen LogP contribution in [0.2, 0.25) is 0 Å². The lowest BCUT2D eigenvalue weighted by Gasteiger charge is -2.20. The van der Waals surface area contributed by atoms with Crippen molar-refractivity contribution in [2.45, 2.75) is 25.8 Å². The van der Waals surface area contributed by atoms with Crippen molar-refractivity contribution in [1.82, 2.24) is 5.32 Å². The molecule has 108 valence electrons. The van der Waals surface area contributed by atoms with E-state index < -0.39 is 5.91 Å². The lowest BCUT2D eigenvalue weighted by Crippen LogP contribution is -2.36. The Morgan fingerprint density at radius 2 is 2.00 bits per heavy atom. The molecule has 2 rings (SSSR count). The molecule has 6 nitrogen and oxygen atoms in total. The Bertz CT molecular complexity index is 516. The molecular weight excluding hydrogens is 260 g/mol. The standard InChI is InChI=1S/C14H18N2O4/c1-9(16-14(18)8-13(15)17)6-10-2-3-11-12(7-10)20-5-4-19-11/h2-3,7,9H,4-6,8H2,1H3,(H2,15,17)(H,16,18)/t9-/m1/s1. The Kier molecular flexibility index (Phi) is 4.45. The molecule has 0 saturated carbocycles. The first kappa shape index (κ1) is 14.2. The van der Waals surface area contributed by atoms with E-state index in [1.165, 1.54) is 0 Å². The zero-order valence-corrected chi connectivity index (χ0v) is 11.3. The smallest absolute Gasteiger partial charge is 0.229 e. The average Bonchev–Trinajstić information content (AvgIpc) is 2.37. The van der Waals surface area contributed by atoms with E-state index >= 15 is 0 Å². The fourth-order valence-corrected chi connectivity index (χ4v) is 2.10. The maximum absolute atomic E-state index is 11.4. The van der Waals surface area contributed by atoms with Gasteiger partial charge in [0.1, 0.15) is 19.6 Å². The highest BCUT2D eigenvalue weighted by atomic mass is 16.6. The van der Waals surface area contributed by atoms with Gasteiger partial charge in [0.25, 0.3) is 0 Å². The van der Waals surface area contributed by atoms with Crippen molar-refractivity contribution >= 4 is 11.8 Å². The molecule has 3 N–H and O–H groups in total. The largest absolute Gasteiger partial charge is 0.486 e. The summed E-state index contributed by atoms with van der Waals surface area (Å²) in [5.74, 6) is 0.478. The maximum atomic E-state index is 11.4. The molecule has 0 bridgehead atoms. The highest BCUT2D eigenvalue weighted by Gasteiger charge is 2.14. The van der Waals surface area contributed by atoms with Crippen molar-refractivity contribution < 1.29 is 19.1 Å². The van der Waals surface area contributed by atoms with Crippen LogP contribution in [0.3, 0.4) is 0 Å². The summed E-state index contributed by atoms with van der Waals surface area (Å²) in [6, 6.07) is 5.61. The number of primary amides is 1. The number of benzene rings is 1. The Labute approximate surface area is 117 Å². The molecule has 0 aliphatic carbocycles. The zero-order valence-electron chi connectivity index (χ0n) is 11.3. The number of nitrogens with one attached hydrogen (secondary N) is 1. The quantitative estimate of drug-likeness (QED) is 0.762. The number of nitrogens with two attached hydrogens (primary N) is 1. The lowest BCUT2D eigenvalue weighted by molar-refractivity contribution is -0.128. The van der Waals surface area contributed by atoms with Crippen molar-refractivity contribution in [3.63, 3.8) is 0 Å². The Morgan fingerprint density at radius 3 is 2.70 bits per heavy atom. The number of hydrogen-bond donors (Lipinski definition) is 2. The molecule has 0 fully saturated rings. The molecule has 0 saturated heterocycles. The third kappa shape index (κ3) is 3.88. The van der Waals surface area contributed by atoms with Gasteiger partial charge < -0.3 is 20.5 Å². The zero-order chi connectivity index (χ0) is 14.5. The van der Waals surface area contributed by atoms with Crippen LogP contribution < -0.4 is 20.5 Å². The molecule has 0 unspecified atom stereocenters. The minimum absolute atomic E-state index is 0.0931. The van der Waals surface area contributed by atoms with E-state index in [0.29, 0.717) is 19.6 Å². The van der Waals surface area contributed by atoms with E-state index in [1.807, 2.05) is 25.1 Å². The summed E-state index contributed by atoms with van der Waals surface area (Å²) in [5.41, 5.74) is 6.00. The van der Waals surface area contributed by atoms with Crippen LogP contribution in [0.25, 0.3) is 0 Å². The topological polar surface area (TPSA) is 90.7 Å². The lowest BCUT2D eigenvalue weighted by atomic mass is 10.1. The molecule has 1 aromatic carbocycles. The van der Waals surface area contributed by atoms with E-state index in [4.69, 9.17) is 15.2 Å². The average molecular weight is 278 g/mol. The van der Waals surface area contributed by atoms with Crippen LogP contribution >= 0.6 is 0 Å². The van der Waals surface area contributed by atoms with Crippen LogP contribution in [0, 0.1) is 0 Å². The first-order valence-electron chi connectivity index (χ1n) is 6.51.